The fourth-order valence-electron chi connectivity index (χ4n) is 10.4. The molecule has 8 N–H and O–H groups in total. The van der Waals surface area contributed by atoms with Crippen molar-refractivity contribution in [3.05, 3.63) is 166 Å². The number of ether oxygens (including phenoxy) is 5. The summed E-state index contributed by atoms with van der Waals surface area (Å²) in [6.45, 7) is 2.80. The Kier molecular flexibility index (Phi) is 13.1. The molecule has 7 aromatic rings. The third-order valence-corrected chi connectivity index (χ3v) is 14.6. The van der Waals surface area contributed by atoms with E-state index in [-0.39, 0.29) is 11.1 Å². The van der Waals surface area contributed by atoms with Crippen molar-refractivity contribution >= 4 is 58.3 Å². The van der Waals surface area contributed by atoms with Crippen molar-refractivity contribution in [1.29, 1.82) is 0 Å². The van der Waals surface area contributed by atoms with Gasteiger partial charge in [0.2, 0.25) is 0 Å². The first kappa shape index (κ1) is 49.9. The number of hydrogen-bond donors (Lipinski definition) is 8. The van der Waals surface area contributed by atoms with Gasteiger partial charge in [-0.25, -0.2) is 19.6 Å². The molecule has 0 unspecified atom stereocenters. The Labute approximate surface area is 440 Å². The van der Waals surface area contributed by atoms with E-state index < -0.39 is 86.6 Å². The van der Waals surface area contributed by atoms with Crippen molar-refractivity contribution in [1.82, 2.24) is 19.9 Å². The van der Waals surface area contributed by atoms with Gasteiger partial charge in [-0.05, 0) is 109 Å². The second-order valence-electron chi connectivity index (χ2n) is 19.8. The van der Waals surface area contributed by atoms with Gasteiger partial charge >= 0.3 is 11.9 Å². The van der Waals surface area contributed by atoms with Gasteiger partial charge in [0.05, 0.1) is 33.9 Å². The summed E-state index contributed by atoms with van der Waals surface area (Å²) in [6, 6.07) is 37.8. The van der Waals surface area contributed by atoms with Gasteiger partial charge in [0.1, 0.15) is 62.0 Å². The van der Waals surface area contributed by atoms with E-state index >= 15 is 0 Å². The van der Waals surface area contributed by atoms with E-state index in [4.69, 9.17) is 33.7 Å². The van der Waals surface area contributed by atoms with E-state index in [1.165, 1.54) is 0 Å². The largest absolute Gasteiger partial charge is 0.459 e. The Morgan fingerprint density at radius 3 is 1.21 bits per heavy atom. The number of cyclic esters (lactones) is 2. The summed E-state index contributed by atoms with van der Waals surface area (Å²) in [5, 5.41) is 65.8. The lowest BCUT2D eigenvalue weighted by molar-refractivity contribution is -0.376. The number of esters is 2. The van der Waals surface area contributed by atoms with Gasteiger partial charge in [-0.3, -0.25) is 0 Å². The van der Waals surface area contributed by atoms with Crippen molar-refractivity contribution < 1.29 is 63.9 Å². The van der Waals surface area contributed by atoms with Crippen molar-refractivity contribution in [2.45, 2.75) is 75.3 Å². The molecule has 2 fully saturated rings. The molecular weight excluding hydrogens is 985 g/mol. The van der Waals surface area contributed by atoms with E-state index in [2.05, 4.69) is 46.4 Å². The molecule has 5 aliphatic heterocycles. The van der Waals surface area contributed by atoms with Crippen LogP contribution in [-0.4, -0.2) is 137 Å². The third-order valence-electron chi connectivity index (χ3n) is 14.6. The molecule has 3 aromatic heterocycles. The van der Waals surface area contributed by atoms with E-state index in [1.54, 1.807) is 36.4 Å². The predicted octanol–water partition coefficient (Wildman–Crippen LogP) is 6.90. The quantitative estimate of drug-likeness (QED) is 0.0820. The molecule has 0 saturated carbocycles. The predicted molar refractivity (Wildman–Crippen MR) is 285 cm³/mol. The van der Waals surface area contributed by atoms with E-state index in [9.17, 15) is 40.2 Å². The molecule has 10 atom stereocenters. The number of aromatic nitrogens is 4. The van der Waals surface area contributed by atoms with Crippen LogP contribution in [0.1, 0.15) is 54.6 Å². The molecule has 0 radical (unpaired) electrons. The molecule has 17 nitrogen and oxygen atoms in total. The highest BCUT2D eigenvalue weighted by Gasteiger charge is 2.50. The number of aryl methyl sites for hydroxylation is 2. The van der Waals surface area contributed by atoms with Gasteiger partial charge < -0.3 is 64.3 Å². The molecule has 17 heteroatoms. The number of aromatic amines is 2. The molecule has 5 aliphatic rings. The summed E-state index contributed by atoms with van der Waals surface area (Å²) in [4.78, 5) is 46.3. The van der Waals surface area contributed by atoms with Crippen LogP contribution < -0.4 is 0 Å². The Balaban J connectivity index is 1.10. The Bertz CT molecular complexity index is 3700. The summed E-state index contributed by atoms with van der Waals surface area (Å²) < 4.78 is 28.8. The van der Waals surface area contributed by atoms with Crippen LogP contribution in [0.2, 0.25) is 0 Å². The zero-order chi connectivity index (χ0) is 53.2. The third kappa shape index (κ3) is 9.37. The Hall–Kier alpha value is -7.94. The smallest absolute Gasteiger partial charge is 0.338 e. The first-order chi connectivity index (χ1) is 37.3. The maximum Gasteiger partial charge on any atom is 0.338 e. The van der Waals surface area contributed by atoms with Crippen molar-refractivity contribution in [2.24, 2.45) is 0 Å². The molecule has 8 heterocycles. The normalized spacial score (nSPS) is 25.3. The maximum absolute atomic E-state index is 14.1. The second-order valence-corrected chi connectivity index (χ2v) is 19.8. The summed E-state index contributed by atoms with van der Waals surface area (Å²) in [5.41, 5.74) is 13.6. The molecule has 18 bridgehead atoms. The minimum atomic E-state index is -1.93. The second kappa shape index (κ2) is 20.2. The first-order valence-electron chi connectivity index (χ1n) is 25.2. The number of aliphatic hydroxyl groups excluding tert-OH is 6. The highest BCUT2D eigenvalue weighted by molar-refractivity contribution is 6.02. The summed E-state index contributed by atoms with van der Waals surface area (Å²) in [6.07, 6.45) is -9.96. The van der Waals surface area contributed by atoms with Crippen LogP contribution in [0, 0.1) is 13.8 Å². The van der Waals surface area contributed by atoms with Crippen molar-refractivity contribution in [2.75, 3.05) is 13.2 Å². The van der Waals surface area contributed by atoms with Crippen molar-refractivity contribution in [3.63, 3.8) is 0 Å². The average Bonchev–Trinajstić information content (AvgIpc) is 4.33. The molecule has 0 spiro atoms. The number of H-pyrrole nitrogens is 2. The number of nitrogens with one attached hydrogen (secondary N) is 2. The van der Waals surface area contributed by atoms with Gasteiger partial charge in [-0.15, -0.1) is 0 Å². The number of fused-ring (bicyclic) bond motifs is 18. The van der Waals surface area contributed by atoms with Gasteiger partial charge in [-0.2, -0.15) is 0 Å². The molecule has 77 heavy (non-hydrogen) atoms. The summed E-state index contributed by atoms with van der Waals surface area (Å²) >= 11 is 0. The van der Waals surface area contributed by atoms with Crippen LogP contribution in [-0.2, 0) is 23.7 Å². The van der Waals surface area contributed by atoms with E-state index in [0.29, 0.717) is 61.6 Å². The summed E-state index contributed by atoms with van der Waals surface area (Å²) in [7, 11) is 0. The van der Waals surface area contributed by atoms with Crippen LogP contribution in [0.15, 0.2) is 121 Å². The average molecular weight is 1040 g/mol. The zero-order valence-corrected chi connectivity index (χ0v) is 41.5. The van der Waals surface area contributed by atoms with Crippen LogP contribution in [0.3, 0.4) is 0 Å². The van der Waals surface area contributed by atoms with Crippen LogP contribution in [0.25, 0.3) is 90.9 Å². The fourth-order valence-corrected chi connectivity index (χ4v) is 10.4. The van der Waals surface area contributed by atoms with Crippen LogP contribution >= 0.6 is 0 Å². The number of hydrogen-bond acceptors (Lipinski definition) is 15. The van der Waals surface area contributed by atoms with E-state index in [0.717, 1.165) is 38.9 Å². The first-order valence-corrected chi connectivity index (χ1v) is 25.2. The van der Waals surface area contributed by atoms with Gasteiger partial charge in [0.25, 0.3) is 0 Å². The summed E-state index contributed by atoms with van der Waals surface area (Å²) in [5.74, 6) is -1.63. The lowest BCUT2D eigenvalue weighted by Gasteiger charge is -2.44. The topological polar surface area (TPSA) is 259 Å². The number of carbonyl (C=O) groups excluding carboxylic acids is 2. The minimum absolute atomic E-state index is 0.113. The van der Waals surface area contributed by atoms with Gasteiger partial charge in [0, 0.05) is 44.3 Å². The number of nitrogens with zero attached hydrogens (tertiary/aromatic N) is 2. The highest BCUT2D eigenvalue weighted by atomic mass is 16.8. The Morgan fingerprint density at radius 1 is 0.403 bits per heavy atom. The number of carbonyl (C=O) groups is 2. The standard InChI is InChI=1S/C60H52N4O13/c1-29-9-13-31(14-10-29)47-37-17-18-38(61-37)48(32-15-11-30(2)12-16-32)40-20-22-42(63-40)50-34-6-4-8-36(26-34)58(72)74-28-46-52(66)54(68)56(70)60(76-46)77-59-55(69)53(67)51(65)45(75-59)27-73-57(71)35-7-3-5-33(25-35)49(41-21-19-39(47)62-41)43-23-24-44(50)64-43/h3-26,45-46,51-56,59-60,62,64-70H,27-28H2,1-2H3/t45-,46-,51-,52-,53+,54+,55-,56+,59-,60+/m0/s1. The lowest BCUT2D eigenvalue weighted by atomic mass is 9.98. The highest BCUT2D eigenvalue weighted by Crippen LogP contribution is 2.40. The molecule has 0 amide bonds. The monoisotopic (exact) mass is 1040 g/mol. The molecule has 390 valence electrons. The molecule has 2 saturated heterocycles. The SMILES string of the molecule is Cc1ccc(-c2c3nc(c(-c4ccc(C)cc4)c4ccc([nH]4)c4c5ccc([nH]5)c(c5nc2C=C5)-c2cccc(c2)C(=O)OC[C@@H]2O[C@H](O[C@@H]5O[C@@H](COC(=O)c6cccc-4c6)[C@H](O)[C@@H](O)[C@@H]5O)[C@H](O)[C@H](O)[C@H]2O)C=C3)cc1. The molecule has 4 aromatic carbocycles. The van der Waals surface area contributed by atoms with Gasteiger partial charge in [0.15, 0.2) is 12.6 Å². The molecule has 12 rings (SSSR count). The zero-order valence-electron chi connectivity index (χ0n) is 41.5. The van der Waals surface area contributed by atoms with Crippen LogP contribution in [0.5, 0.6) is 0 Å². The van der Waals surface area contributed by atoms with Gasteiger partial charge in [-0.1, -0.05) is 83.9 Å². The van der Waals surface area contributed by atoms with Crippen molar-refractivity contribution in [3.8, 4) is 44.5 Å². The number of aliphatic hydroxyl groups is 6. The van der Waals surface area contributed by atoms with Crippen LogP contribution in [0.4, 0.5) is 0 Å². The minimum Gasteiger partial charge on any atom is -0.459 e. The number of rotatable bonds is 2. The molecule has 0 aliphatic carbocycles. The molecular formula is C60H52N4O13. The van der Waals surface area contributed by atoms with E-state index in [1.807, 2.05) is 86.7 Å². The lowest BCUT2D eigenvalue weighted by Crippen LogP contribution is -2.64. The Morgan fingerprint density at radius 2 is 0.766 bits per heavy atom. The maximum atomic E-state index is 14.1. The fraction of sp³-hybridized carbons (Fsp3) is 0.233. The number of benzene rings is 4.